The summed E-state index contributed by atoms with van der Waals surface area (Å²) in [6.07, 6.45) is 0. The monoisotopic (exact) mass is 356 g/mol. The summed E-state index contributed by atoms with van der Waals surface area (Å²) in [4.78, 5) is 12.8. The van der Waals surface area contributed by atoms with E-state index < -0.39 is 0 Å². The maximum atomic E-state index is 11.9. The van der Waals surface area contributed by atoms with Gasteiger partial charge < -0.3 is 0 Å². The third-order valence-corrected chi connectivity index (χ3v) is 4.17. The second-order valence-corrected chi connectivity index (χ2v) is 6.38. The van der Waals surface area contributed by atoms with Gasteiger partial charge in [-0.05, 0) is 37.3 Å². The van der Waals surface area contributed by atoms with E-state index in [9.17, 15) is 4.79 Å². The van der Waals surface area contributed by atoms with Crippen molar-refractivity contribution in [3.63, 3.8) is 0 Å². The third kappa shape index (κ3) is 3.89. The molecule has 1 heterocycles. The molecule has 1 N–H and O–H groups in total. The highest BCUT2D eigenvalue weighted by atomic mass is 79.9. The minimum absolute atomic E-state index is 0.247. The average Bonchev–Trinajstić information content (AvgIpc) is 2.82. The number of benzene rings is 1. The molecular weight excluding hydrogens is 348 g/mol. The van der Waals surface area contributed by atoms with E-state index in [0.717, 1.165) is 15.1 Å². The first kappa shape index (κ1) is 14.2. The Kier molecular flexibility index (Phi) is 4.74. The van der Waals surface area contributed by atoms with Crippen molar-refractivity contribution in [3.05, 3.63) is 55.6 Å². The second kappa shape index (κ2) is 6.32. The molecule has 19 heavy (non-hydrogen) atoms. The number of hydrogen-bond donors (Lipinski definition) is 1. The van der Waals surface area contributed by atoms with E-state index in [0.29, 0.717) is 9.90 Å². The summed E-state index contributed by atoms with van der Waals surface area (Å²) in [5.41, 5.74) is 3.80. The summed E-state index contributed by atoms with van der Waals surface area (Å²) in [5, 5.41) is 4.07. The lowest BCUT2D eigenvalue weighted by Gasteiger charge is -2.01. The molecule has 0 saturated heterocycles. The maximum absolute atomic E-state index is 11.9. The molecule has 0 fully saturated rings. The fourth-order valence-electron chi connectivity index (χ4n) is 1.39. The highest BCUT2D eigenvalue weighted by molar-refractivity contribution is 9.10. The van der Waals surface area contributed by atoms with E-state index in [2.05, 4.69) is 26.5 Å². The van der Waals surface area contributed by atoms with Gasteiger partial charge in [-0.3, -0.25) is 4.79 Å². The van der Waals surface area contributed by atoms with Gasteiger partial charge in [-0.15, -0.1) is 11.3 Å². The van der Waals surface area contributed by atoms with Crippen LogP contribution < -0.4 is 5.43 Å². The number of thiophene rings is 1. The Morgan fingerprint density at radius 3 is 2.79 bits per heavy atom. The minimum atomic E-state index is -0.247. The Bertz CT molecular complexity index is 639. The lowest BCUT2D eigenvalue weighted by atomic mass is 10.2. The van der Waals surface area contributed by atoms with Crippen LogP contribution in [0.25, 0.3) is 0 Å². The van der Waals surface area contributed by atoms with Crippen molar-refractivity contribution in [1.29, 1.82) is 0 Å². The minimum Gasteiger partial charge on any atom is -0.267 e. The number of nitrogens with one attached hydrogen (secondary N) is 1. The van der Waals surface area contributed by atoms with Gasteiger partial charge in [0.05, 0.1) is 14.9 Å². The van der Waals surface area contributed by atoms with Crippen molar-refractivity contribution in [2.45, 2.75) is 6.92 Å². The third-order valence-electron chi connectivity index (χ3n) is 2.34. The average molecular weight is 358 g/mol. The molecule has 2 aromatic rings. The number of rotatable bonds is 3. The van der Waals surface area contributed by atoms with Crippen molar-refractivity contribution in [3.8, 4) is 0 Å². The quantitative estimate of drug-likeness (QED) is 0.645. The van der Waals surface area contributed by atoms with Gasteiger partial charge in [0.2, 0.25) is 0 Å². The van der Waals surface area contributed by atoms with E-state index in [1.807, 2.05) is 19.1 Å². The molecule has 1 amide bonds. The molecule has 1 aromatic carbocycles. The van der Waals surface area contributed by atoms with Crippen LogP contribution in [0.15, 0.2) is 46.0 Å². The largest absolute Gasteiger partial charge is 0.271 e. The van der Waals surface area contributed by atoms with Crippen LogP contribution in [0, 0.1) is 0 Å². The molecule has 0 aliphatic heterocycles. The van der Waals surface area contributed by atoms with Gasteiger partial charge in [0, 0.05) is 10.0 Å². The summed E-state index contributed by atoms with van der Waals surface area (Å²) in [5.74, 6) is -0.247. The number of carbonyl (C=O) groups is 1. The number of hydrogen-bond acceptors (Lipinski definition) is 3. The van der Waals surface area contributed by atoms with Gasteiger partial charge >= 0.3 is 0 Å². The van der Waals surface area contributed by atoms with Crippen molar-refractivity contribution in [2.75, 3.05) is 0 Å². The Morgan fingerprint density at radius 1 is 1.37 bits per heavy atom. The molecule has 6 heteroatoms. The second-order valence-electron chi connectivity index (χ2n) is 3.75. The number of carbonyl (C=O) groups excluding carboxylic acids is 1. The maximum Gasteiger partial charge on any atom is 0.271 e. The van der Waals surface area contributed by atoms with E-state index in [4.69, 9.17) is 11.6 Å². The molecular formula is C13H10BrClN2OS. The van der Waals surface area contributed by atoms with Gasteiger partial charge in [0.1, 0.15) is 0 Å². The van der Waals surface area contributed by atoms with Crippen molar-refractivity contribution in [2.24, 2.45) is 5.10 Å². The summed E-state index contributed by atoms with van der Waals surface area (Å²) in [7, 11) is 0. The Labute approximate surface area is 128 Å². The number of amides is 1. The Morgan fingerprint density at radius 2 is 2.16 bits per heavy atom. The highest BCUT2D eigenvalue weighted by Crippen LogP contribution is 2.21. The van der Waals surface area contributed by atoms with Crippen LogP contribution in [0.2, 0.25) is 4.34 Å². The molecule has 2 rings (SSSR count). The van der Waals surface area contributed by atoms with E-state index in [1.54, 1.807) is 24.3 Å². The lowest BCUT2D eigenvalue weighted by Crippen LogP contribution is -2.19. The zero-order chi connectivity index (χ0) is 13.8. The van der Waals surface area contributed by atoms with E-state index in [1.165, 1.54) is 11.3 Å². The summed E-state index contributed by atoms with van der Waals surface area (Å²) >= 11 is 10.6. The molecule has 98 valence electrons. The summed E-state index contributed by atoms with van der Waals surface area (Å²) in [6.45, 7) is 1.82. The molecule has 0 aliphatic carbocycles. The molecule has 3 nitrogen and oxygen atoms in total. The molecule has 0 bridgehead atoms. The standard InChI is InChI=1S/C13H10BrClN2OS/c1-8(11-5-6-12(15)19-11)16-17-13(18)9-3-2-4-10(14)7-9/h2-7H,1H3,(H,17,18)/b16-8-. The summed E-state index contributed by atoms with van der Waals surface area (Å²) < 4.78 is 1.55. The molecule has 0 spiro atoms. The zero-order valence-electron chi connectivity index (χ0n) is 9.98. The molecule has 1 aromatic heterocycles. The van der Waals surface area contributed by atoms with Gasteiger partial charge in [-0.25, -0.2) is 5.43 Å². The topological polar surface area (TPSA) is 41.5 Å². The highest BCUT2D eigenvalue weighted by Gasteiger charge is 2.06. The van der Waals surface area contributed by atoms with Crippen LogP contribution in [-0.2, 0) is 0 Å². The lowest BCUT2D eigenvalue weighted by molar-refractivity contribution is 0.0955. The summed E-state index contributed by atoms with van der Waals surface area (Å²) in [6, 6.07) is 10.8. The fourth-order valence-corrected chi connectivity index (χ4v) is 2.78. The number of nitrogens with zero attached hydrogens (tertiary/aromatic N) is 1. The van der Waals surface area contributed by atoms with E-state index in [-0.39, 0.29) is 5.91 Å². The number of hydrazone groups is 1. The van der Waals surface area contributed by atoms with Crippen LogP contribution >= 0.6 is 38.9 Å². The predicted octanol–water partition coefficient (Wildman–Crippen LogP) is 4.32. The Hall–Kier alpha value is -1.17. The molecule has 0 unspecified atom stereocenters. The predicted molar refractivity (Wildman–Crippen MR) is 83.1 cm³/mol. The van der Waals surface area contributed by atoms with Gasteiger partial charge in [0.15, 0.2) is 0 Å². The van der Waals surface area contributed by atoms with Crippen LogP contribution in [0.3, 0.4) is 0 Å². The van der Waals surface area contributed by atoms with Crippen molar-refractivity contribution in [1.82, 2.24) is 5.43 Å². The fraction of sp³-hybridized carbons (Fsp3) is 0.0769. The Balaban J connectivity index is 2.07. The first-order valence-electron chi connectivity index (χ1n) is 5.42. The first-order valence-corrected chi connectivity index (χ1v) is 7.41. The van der Waals surface area contributed by atoms with Gasteiger partial charge in [-0.1, -0.05) is 33.6 Å². The molecule has 0 atom stereocenters. The van der Waals surface area contributed by atoms with Gasteiger partial charge in [0.25, 0.3) is 5.91 Å². The van der Waals surface area contributed by atoms with Crippen molar-refractivity contribution < 1.29 is 4.79 Å². The number of halogens is 2. The van der Waals surface area contributed by atoms with Crippen molar-refractivity contribution >= 4 is 50.5 Å². The molecule has 0 radical (unpaired) electrons. The van der Waals surface area contributed by atoms with Crippen LogP contribution in [0.1, 0.15) is 22.2 Å². The van der Waals surface area contributed by atoms with E-state index >= 15 is 0 Å². The van der Waals surface area contributed by atoms with Gasteiger partial charge in [-0.2, -0.15) is 5.10 Å². The smallest absolute Gasteiger partial charge is 0.267 e. The molecule has 0 aliphatic rings. The SMILES string of the molecule is C/C(=N/NC(=O)c1cccc(Br)c1)c1ccc(Cl)s1. The molecule has 0 saturated carbocycles. The normalized spacial score (nSPS) is 11.4. The van der Waals surface area contributed by atoms with Crippen LogP contribution in [0.5, 0.6) is 0 Å². The first-order chi connectivity index (χ1) is 9.06. The van der Waals surface area contributed by atoms with Crippen LogP contribution in [-0.4, -0.2) is 11.6 Å². The van der Waals surface area contributed by atoms with Crippen LogP contribution in [0.4, 0.5) is 0 Å². The zero-order valence-corrected chi connectivity index (χ0v) is 13.1.